The summed E-state index contributed by atoms with van der Waals surface area (Å²) in [6, 6.07) is 14.8. The molecule has 2 heterocycles. The second-order valence-electron chi connectivity index (χ2n) is 7.29. The molecule has 4 nitrogen and oxygen atoms in total. The summed E-state index contributed by atoms with van der Waals surface area (Å²) >= 11 is 1.60. The number of hydrogen-bond acceptors (Lipinski definition) is 4. The Morgan fingerprint density at radius 1 is 0.923 bits per heavy atom. The van der Waals surface area contributed by atoms with Crippen molar-refractivity contribution in [1.82, 2.24) is 14.9 Å². The number of aromatic nitrogens is 3. The molecular formula is C20H19FN4S. The average Bonchev–Trinajstić information content (AvgIpc) is 3.05. The topological polar surface area (TPSA) is 43.1 Å². The van der Waals surface area contributed by atoms with E-state index < -0.39 is 0 Å². The third kappa shape index (κ3) is 3.17. The van der Waals surface area contributed by atoms with Crippen molar-refractivity contribution in [3.63, 3.8) is 0 Å². The van der Waals surface area contributed by atoms with Crippen molar-refractivity contribution in [2.45, 2.75) is 31.3 Å². The first-order valence-corrected chi connectivity index (χ1v) is 9.43. The molecule has 0 unspecified atom stereocenters. The lowest BCUT2D eigenvalue weighted by atomic mass is 9.86. The molecular weight excluding hydrogens is 347 g/mol. The van der Waals surface area contributed by atoms with Crippen molar-refractivity contribution in [2.75, 3.05) is 5.75 Å². The van der Waals surface area contributed by atoms with Crippen molar-refractivity contribution in [1.29, 1.82) is 0 Å². The number of benzene rings is 2. The molecule has 3 aromatic rings. The van der Waals surface area contributed by atoms with Crippen molar-refractivity contribution < 1.29 is 4.39 Å². The van der Waals surface area contributed by atoms with Crippen LogP contribution >= 0.6 is 11.8 Å². The van der Waals surface area contributed by atoms with Crippen LogP contribution < -0.4 is 0 Å². The number of halogens is 1. The summed E-state index contributed by atoms with van der Waals surface area (Å²) in [5.74, 6) is 1.09. The molecule has 0 radical (unpaired) electrons. The SMILES string of the molecule is CC(C)(C)c1ccc(C2=Nn3c(nnc3-c3ccc(F)cc3)SC2)cc1. The van der Waals surface area contributed by atoms with Gasteiger partial charge in [-0.25, -0.2) is 4.39 Å². The van der Waals surface area contributed by atoms with Crippen LogP contribution in [-0.4, -0.2) is 26.3 Å². The fourth-order valence-corrected chi connectivity index (χ4v) is 3.65. The Labute approximate surface area is 156 Å². The van der Waals surface area contributed by atoms with Gasteiger partial charge in [0.2, 0.25) is 5.16 Å². The minimum Gasteiger partial charge on any atom is -0.207 e. The van der Waals surface area contributed by atoms with Crippen molar-refractivity contribution >= 4 is 17.5 Å². The molecule has 0 N–H and O–H groups in total. The largest absolute Gasteiger partial charge is 0.212 e. The molecule has 0 saturated carbocycles. The van der Waals surface area contributed by atoms with Gasteiger partial charge in [0.05, 0.1) is 5.71 Å². The van der Waals surface area contributed by atoms with Crippen LogP contribution in [0, 0.1) is 5.82 Å². The number of rotatable bonds is 2. The van der Waals surface area contributed by atoms with E-state index in [1.807, 2.05) is 0 Å². The van der Waals surface area contributed by atoms with Gasteiger partial charge in [-0.2, -0.15) is 9.78 Å². The highest BCUT2D eigenvalue weighted by Gasteiger charge is 2.21. The van der Waals surface area contributed by atoms with Crippen LogP contribution in [0.4, 0.5) is 4.39 Å². The predicted octanol–water partition coefficient (Wildman–Crippen LogP) is 4.74. The van der Waals surface area contributed by atoms with E-state index in [1.54, 1.807) is 28.6 Å². The predicted molar refractivity (Wildman–Crippen MR) is 103 cm³/mol. The van der Waals surface area contributed by atoms with Crippen LogP contribution in [0.3, 0.4) is 0 Å². The summed E-state index contributed by atoms with van der Waals surface area (Å²) in [4.78, 5) is 0. The van der Waals surface area contributed by atoms with Gasteiger partial charge >= 0.3 is 0 Å². The minimum atomic E-state index is -0.273. The van der Waals surface area contributed by atoms with Crippen LogP contribution in [-0.2, 0) is 5.41 Å². The molecule has 0 aliphatic carbocycles. The lowest BCUT2D eigenvalue weighted by molar-refractivity contribution is 0.590. The highest BCUT2D eigenvalue weighted by atomic mass is 32.2. The molecule has 0 saturated heterocycles. The zero-order valence-corrected chi connectivity index (χ0v) is 15.7. The third-order valence-electron chi connectivity index (χ3n) is 4.36. The molecule has 1 aliphatic heterocycles. The summed E-state index contributed by atoms with van der Waals surface area (Å²) in [7, 11) is 0. The molecule has 1 aliphatic rings. The fourth-order valence-electron chi connectivity index (χ4n) is 2.81. The Hall–Kier alpha value is -2.47. The summed E-state index contributed by atoms with van der Waals surface area (Å²) in [6.07, 6.45) is 0. The van der Waals surface area contributed by atoms with Gasteiger partial charge in [-0.1, -0.05) is 56.8 Å². The number of fused-ring (bicyclic) bond motifs is 1. The van der Waals surface area contributed by atoms with Crippen LogP contribution in [0.1, 0.15) is 31.9 Å². The molecule has 6 heteroatoms. The van der Waals surface area contributed by atoms with E-state index in [0.717, 1.165) is 27.7 Å². The van der Waals surface area contributed by atoms with Gasteiger partial charge in [-0.3, -0.25) is 0 Å². The quantitative estimate of drug-likeness (QED) is 0.658. The maximum absolute atomic E-state index is 13.2. The summed E-state index contributed by atoms with van der Waals surface area (Å²) in [5.41, 5.74) is 4.28. The number of hydrogen-bond donors (Lipinski definition) is 0. The molecule has 2 aromatic carbocycles. The van der Waals surface area contributed by atoms with Gasteiger partial charge in [0, 0.05) is 11.3 Å². The van der Waals surface area contributed by atoms with E-state index in [0.29, 0.717) is 5.82 Å². The van der Waals surface area contributed by atoms with Gasteiger partial charge in [-0.15, -0.1) is 10.2 Å². The number of nitrogens with zero attached hydrogens (tertiary/aromatic N) is 4. The molecule has 0 spiro atoms. The minimum absolute atomic E-state index is 0.124. The zero-order valence-electron chi connectivity index (χ0n) is 14.9. The van der Waals surface area contributed by atoms with E-state index in [1.165, 1.54) is 17.7 Å². The Morgan fingerprint density at radius 3 is 2.23 bits per heavy atom. The van der Waals surface area contributed by atoms with Crippen LogP contribution in [0.2, 0.25) is 0 Å². The van der Waals surface area contributed by atoms with Gasteiger partial charge in [0.25, 0.3) is 0 Å². The van der Waals surface area contributed by atoms with Crippen LogP contribution in [0.15, 0.2) is 58.8 Å². The lowest BCUT2D eigenvalue weighted by Crippen LogP contribution is -2.15. The lowest BCUT2D eigenvalue weighted by Gasteiger charge is -2.20. The smallest absolute Gasteiger partial charge is 0.207 e. The maximum Gasteiger partial charge on any atom is 0.212 e. The monoisotopic (exact) mass is 366 g/mol. The first kappa shape index (κ1) is 17.0. The van der Waals surface area contributed by atoms with Crippen molar-refractivity contribution in [3.8, 4) is 11.4 Å². The van der Waals surface area contributed by atoms with Gasteiger partial charge in [0.1, 0.15) is 5.82 Å². The Bertz CT molecular complexity index is 967. The highest BCUT2D eigenvalue weighted by Crippen LogP contribution is 2.29. The first-order valence-electron chi connectivity index (χ1n) is 8.45. The Balaban J connectivity index is 1.71. The molecule has 0 bridgehead atoms. The van der Waals surface area contributed by atoms with Crippen molar-refractivity contribution in [2.24, 2.45) is 5.10 Å². The zero-order chi connectivity index (χ0) is 18.3. The van der Waals surface area contributed by atoms with E-state index in [4.69, 9.17) is 5.10 Å². The molecule has 4 rings (SSSR count). The van der Waals surface area contributed by atoms with E-state index in [-0.39, 0.29) is 11.2 Å². The summed E-state index contributed by atoms with van der Waals surface area (Å²) < 4.78 is 14.9. The van der Waals surface area contributed by atoms with Crippen molar-refractivity contribution in [3.05, 3.63) is 65.5 Å². The molecule has 0 amide bonds. The van der Waals surface area contributed by atoms with Crippen LogP contribution in [0.5, 0.6) is 0 Å². The summed E-state index contributed by atoms with van der Waals surface area (Å²) in [6.45, 7) is 6.61. The summed E-state index contributed by atoms with van der Waals surface area (Å²) in [5, 5.41) is 13.9. The van der Waals surface area contributed by atoms with E-state index >= 15 is 0 Å². The average molecular weight is 366 g/mol. The van der Waals surface area contributed by atoms with E-state index in [9.17, 15) is 4.39 Å². The second-order valence-corrected chi connectivity index (χ2v) is 8.23. The third-order valence-corrected chi connectivity index (χ3v) is 5.29. The van der Waals surface area contributed by atoms with Crippen LogP contribution in [0.25, 0.3) is 11.4 Å². The maximum atomic E-state index is 13.2. The van der Waals surface area contributed by atoms with Gasteiger partial charge in [-0.05, 0) is 40.8 Å². The normalized spacial score (nSPS) is 14.1. The number of thioether (sulfide) groups is 1. The Morgan fingerprint density at radius 2 is 1.58 bits per heavy atom. The van der Waals surface area contributed by atoms with Gasteiger partial charge < -0.3 is 0 Å². The van der Waals surface area contributed by atoms with E-state index in [2.05, 4.69) is 55.2 Å². The molecule has 26 heavy (non-hydrogen) atoms. The highest BCUT2D eigenvalue weighted by molar-refractivity contribution is 7.99. The fraction of sp³-hybridized carbons (Fsp3) is 0.250. The molecule has 132 valence electrons. The Kier molecular flexibility index (Phi) is 4.15. The molecule has 1 aromatic heterocycles. The second kappa shape index (κ2) is 6.36. The molecule has 0 fully saturated rings. The van der Waals surface area contributed by atoms with Gasteiger partial charge in [0.15, 0.2) is 5.82 Å². The molecule has 0 atom stereocenters. The standard InChI is InChI=1S/C20H19FN4S/c1-20(2,3)15-8-4-13(5-9-15)17-12-26-19-23-22-18(25(19)24-17)14-6-10-16(21)11-7-14/h4-11H,12H2,1-3H3. The first-order chi connectivity index (χ1) is 12.4.